The Hall–Kier alpha value is -3.25. The van der Waals surface area contributed by atoms with Gasteiger partial charge in [0.2, 0.25) is 5.96 Å². The number of carbonyl (C=O) groups is 1. The van der Waals surface area contributed by atoms with Gasteiger partial charge >= 0.3 is 0 Å². The molecule has 3 aromatic rings. The fourth-order valence-corrected chi connectivity index (χ4v) is 2.48. The van der Waals surface area contributed by atoms with Crippen molar-refractivity contribution in [2.45, 2.75) is 6.54 Å². The fraction of sp³-hybridized carbons (Fsp3) is 0.0500. The average molecular weight is 383 g/mol. The van der Waals surface area contributed by atoms with E-state index in [0.717, 1.165) is 5.56 Å². The molecule has 5 nitrogen and oxygen atoms in total. The molecule has 0 aliphatic carbocycles. The van der Waals surface area contributed by atoms with E-state index in [2.05, 4.69) is 20.6 Å². The Morgan fingerprint density at radius 3 is 2.59 bits per heavy atom. The van der Waals surface area contributed by atoms with Gasteiger partial charge in [0.05, 0.1) is 12.1 Å². The minimum absolute atomic E-state index is 0.0676. The second-order valence-corrected chi connectivity index (χ2v) is 6.03. The Bertz CT molecular complexity index is 963. The van der Waals surface area contributed by atoms with E-state index in [4.69, 9.17) is 11.6 Å². The third kappa shape index (κ3) is 5.36. The number of benzene rings is 2. The summed E-state index contributed by atoms with van der Waals surface area (Å²) in [6.45, 7) is 0.309. The Kier molecular flexibility index (Phi) is 6.12. The third-order valence-electron chi connectivity index (χ3n) is 3.61. The molecule has 0 unspecified atom stereocenters. The van der Waals surface area contributed by atoms with Crippen molar-refractivity contribution in [3.63, 3.8) is 0 Å². The lowest BCUT2D eigenvalue weighted by molar-refractivity contribution is 0.0973. The van der Waals surface area contributed by atoms with E-state index in [9.17, 15) is 9.18 Å². The van der Waals surface area contributed by atoms with E-state index >= 15 is 0 Å². The van der Waals surface area contributed by atoms with Gasteiger partial charge in [-0.1, -0.05) is 29.8 Å². The second kappa shape index (κ2) is 8.91. The van der Waals surface area contributed by atoms with E-state index < -0.39 is 11.7 Å². The highest BCUT2D eigenvalue weighted by molar-refractivity contribution is 6.31. The largest absolute Gasteiger partial charge is 0.326 e. The van der Waals surface area contributed by atoms with Crippen molar-refractivity contribution < 1.29 is 9.18 Å². The molecule has 0 atom stereocenters. The van der Waals surface area contributed by atoms with E-state index in [1.165, 1.54) is 18.2 Å². The maximum atomic E-state index is 13.9. The lowest BCUT2D eigenvalue weighted by atomic mass is 10.2. The molecule has 2 N–H and O–H groups in total. The van der Waals surface area contributed by atoms with Crippen molar-refractivity contribution in [1.82, 2.24) is 10.3 Å². The molecule has 7 heteroatoms. The normalized spacial score (nSPS) is 11.1. The van der Waals surface area contributed by atoms with Crippen LogP contribution in [0.5, 0.6) is 0 Å². The number of anilines is 1. The first kappa shape index (κ1) is 18.5. The molecule has 27 heavy (non-hydrogen) atoms. The number of guanidine groups is 1. The van der Waals surface area contributed by atoms with Gasteiger partial charge in [0.25, 0.3) is 5.91 Å². The van der Waals surface area contributed by atoms with Gasteiger partial charge in [-0.15, -0.1) is 0 Å². The Balaban J connectivity index is 1.82. The number of amides is 1. The number of pyridine rings is 1. The molecule has 0 saturated heterocycles. The molecule has 136 valence electrons. The van der Waals surface area contributed by atoms with Crippen LogP contribution in [0.1, 0.15) is 15.9 Å². The zero-order chi connectivity index (χ0) is 19.1. The van der Waals surface area contributed by atoms with Crippen molar-refractivity contribution in [1.29, 1.82) is 0 Å². The number of carbonyl (C=O) groups excluding carboxylic acids is 1. The van der Waals surface area contributed by atoms with E-state index in [-0.39, 0.29) is 11.5 Å². The van der Waals surface area contributed by atoms with Crippen LogP contribution in [-0.2, 0) is 6.54 Å². The van der Waals surface area contributed by atoms with Crippen LogP contribution in [0.2, 0.25) is 5.02 Å². The number of nitrogens with zero attached hydrogens (tertiary/aromatic N) is 2. The molecule has 0 fully saturated rings. The van der Waals surface area contributed by atoms with Crippen LogP contribution in [0.25, 0.3) is 0 Å². The molecule has 0 aliphatic heterocycles. The number of hydrogen-bond acceptors (Lipinski definition) is 3. The van der Waals surface area contributed by atoms with Crippen LogP contribution < -0.4 is 10.6 Å². The van der Waals surface area contributed by atoms with Gasteiger partial charge in [-0.25, -0.2) is 9.38 Å². The molecular formula is C20H16ClFN4O. The smallest absolute Gasteiger partial charge is 0.260 e. The van der Waals surface area contributed by atoms with Gasteiger partial charge in [-0.3, -0.25) is 15.1 Å². The van der Waals surface area contributed by atoms with Crippen molar-refractivity contribution in [3.8, 4) is 0 Å². The molecule has 0 aliphatic rings. The number of aromatic nitrogens is 1. The van der Waals surface area contributed by atoms with E-state index in [1.807, 2.05) is 12.1 Å². The highest BCUT2D eigenvalue weighted by Gasteiger charge is 2.13. The summed E-state index contributed by atoms with van der Waals surface area (Å²) >= 11 is 6.00. The van der Waals surface area contributed by atoms with Gasteiger partial charge in [-0.05, 0) is 48.0 Å². The summed E-state index contributed by atoms with van der Waals surface area (Å²) in [5, 5.41) is 6.16. The molecule has 1 aromatic heterocycles. The minimum atomic E-state index is -0.605. The lowest BCUT2D eigenvalue weighted by Gasteiger charge is -2.12. The quantitative estimate of drug-likeness (QED) is 0.523. The van der Waals surface area contributed by atoms with Gasteiger partial charge < -0.3 is 5.32 Å². The number of aliphatic imine (C=N–C) groups is 1. The van der Waals surface area contributed by atoms with Gasteiger partial charge in [0.1, 0.15) is 5.82 Å². The maximum absolute atomic E-state index is 13.9. The molecule has 2 aromatic carbocycles. The molecule has 1 amide bonds. The summed E-state index contributed by atoms with van der Waals surface area (Å²) in [4.78, 5) is 20.8. The number of halogens is 2. The Labute approximate surface area is 160 Å². The average Bonchev–Trinajstić information content (AvgIpc) is 2.67. The predicted molar refractivity (Wildman–Crippen MR) is 104 cm³/mol. The van der Waals surface area contributed by atoms with Crippen molar-refractivity contribution in [2.75, 3.05) is 5.32 Å². The lowest BCUT2D eigenvalue weighted by Crippen LogP contribution is -2.36. The predicted octanol–water partition coefficient (Wildman–Crippen LogP) is 4.27. The molecular weight excluding hydrogens is 367 g/mol. The van der Waals surface area contributed by atoms with Gasteiger partial charge in [0.15, 0.2) is 0 Å². The van der Waals surface area contributed by atoms with Crippen molar-refractivity contribution in [2.24, 2.45) is 4.99 Å². The van der Waals surface area contributed by atoms with Gasteiger partial charge in [-0.2, -0.15) is 0 Å². The van der Waals surface area contributed by atoms with E-state index in [0.29, 0.717) is 17.3 Å². The Morgan fingerprint density at radius 2 is 1.85 bits per heavy atom. The van der Waals surface area contributed by atoms with Crippen molar-refractivity contribution in [3.05, 3.63) is 95.0 Å². The maximum Gasteiger partial charge on any atom is 0.260 e. The third-order valence-corrected chi connectivity index (χ3v) is 3.84. The zero-order valence-electron chi connectivity index (χ0n) is 14.2. The summed E-state index contributed by atoms with van der Waals surface area (Å²) in [6.07, 6.45) is 3.32. The Morgan fingerprint density at radius 1 is 1.07 bits per heavy atom. The second-order valence-electron chi connectivity index (χ2n) is 5.59. The topological polar surface area (TPSA) is 66.4 Å². The number of nitrogens with one attached hydrogen (secondary N) is 2. The summed E-state index contributed by atoms with van der Waals surface area (Å²) < 4.78 is 13.9. The van der Waals surface area contributed by atoms with Crippen LogP contribution in [0, 0.1) is 5.82 Å². The SMILES string of the molecule is O=C(NC(=NCc1ccncc1)Nc1cccc(Cl)c1)c1ccccc1F. The molecule has 0 spiro atoms. The van der Waals surface area contributed by atoms with Crippen molar-refractivity contribution >= 4 is 29.2 Å². The first-order valence-corrected chi connectivity index (χ1v) is 8.51. The number of rotatable bonds is 4. The fourth-order valence-electron chi connectivity index (χ4n) is 2.29. The summed E-state index contributed by atoms with van der Waals surface area (Å²) in [7, 11) is 0. The van der Waals surface area contributed by atoms with Gasteiger partial charge in [0, 0.05) is 23.1 Å². The van der Waals surface area contributed by atoms with E-state index in [1.54, 1.807) is 42.7 Å². The summed E-state index contributed by atoms with van der Waals surface area (Å²) in [6, 6.07) is 16.4. The highest BCUT2D eigenvalue weighted by Crippen LogP contribution is 2.15. The molecule has 1 heterocycles. The highest BCUT2D eigenvalue weighted by atomic mass is 35.5. The molecule has 0 bridgehead atoms. The molecule has 0 radical (unpaired) electrons. The first-order valence-electron chi connectivity index (χ1n) is 8.13. The first-order chi connectivity index (χ1) is 13.1. The minimum Gasteiger partial charge on any atom is -0.326 e. The monoisotopic (exact) mass is 382 g/mol. The summed E-state index contributed by atoms with van der Waals surface area (Å²) in [5.41, 5.74) is 1.49. The standard InChI is InChI=1S/C20H16ClFN4O/c21-15-4-3-5-16(12-15)25-20(24-13-14-8-10-23-11-9-14)26-19(27)17-6-1-2-7-18(17)22/h1-12H,13H2,(H2,24,25,26,27). The van der Waals surface area contributed by atoms with Crippen LogP contribution in [-0.4, -0.2) is 16.9 Å². The number of hydrogen-bond donors (Lipinski definition) is 2. The van der Waals surface area contributed by atoms with Crippen LogP contribution in [0.4, 0.5) is 10.1 Å². The summed E-state index contributed by atoms with van der Waals surface area (Å²) in [5.74, 6) is -1.02. The molecule has 3 rings (SSSR count). The van der Waals surface area contributed by atoms with Crippen LogP contribution in [0.3, 0.4) is 0 Å². The van der Waals surface area contributed by atoms with Crippen LogP contribution in [0.15, 0.2) is 78.0 Å². The van der Waals surface area contributed by atoms with Crippen LogP contribution >= 0.6 is 11.6 Å². The zero-order valence-corrected chi connectivity index (χ0v) is 14.9. The molecule has 0 saturated carbocycles.